The molecule has 0 bridgehead atoms. The maximum Gasteiger partial charge on any atom is 0.409 e. The maximum absolute atomic E-state index is 15.2. The Morgan fingerprint density at radius 3 is 1.93 bits per heavy atom. The van der Waals surface area contributed by atoms with Crippen molar-refractivity contribution in [2.45, 2.75) is 82.8 Å². The van der Waals surface area contributed by atoms with Crippen molar-refractivity contribution in [3.8, 4) is 5.75 Å². The van der Waals surface area contributed by atoms with E-state index in [9.17, 15) is 30.7 Å². The number of ether oxygens (including phenoxy) is 3. The first kappa shape index (κ1) is 32.7. The highest BCUT2D eigenvalue weighted by Gasteiger charge is 2.44. The van der Waals surface area contributed by atoms with E-state index in [-0.39, 0.29) is 43.8 Å². The zero-order chi connectivity index (χ0) is 31.6. The van der Waals surface area contributed by atoms with Crippen LogP contribution in [0.5, 0.6) is 5.75 Å². The Morgan fingerprint density at radius 1 is 0.750 bits per heavy atom. The lowest BCUT2D eigenvalue weighted by molar-refractivity contribution is -0.222. The van der Waals surface area contributed by atoms with Crippen molar-refractivity contribution < 1.29 is 49.3 Å². The zero-order valence-electron chi connectivity index (χ0n) is 24.3. The number of hydrogen-bond donors (Lipinski definition) is 0. The van der Waals surface area contributed by atoms with Crippen LogP contribution >= 0.6 is 0 Å². The molecule has 0 atom stereocenters. The first-order valence-corrected chi connectivity index (χ1v) is 15.1. The molecular weight excluding hydrogens is 596 g/mol. The van der Waals surface area contributed by atoms with Gasteiger partial charge in [0, 0.05) is 35.3 Å². The highest BCUT2D eigenvalue weighted by atomic mass is 19.4. The Bertz CT molecular complexity index is 1280. The third-order valence-corrected chi connectivity index (χ3v) is 9.33. The van der Waals surface area contributed by atoms with Crippen LogP contribution in [0.25, 0.3) is 6.08 Å². The van der Waals surface area contributed by atoms with Gasteiger partial charge in [-0.15, -0.1) is 0 Å². The minimum Gasteiger partial charge on any atom is -0.432 e. The van der Waals surface area contributed by atoms with Gasteiger partial charge in [0.15, 0.2) is 6.29 Å². The zero-order valence-corrected chi connectivity index (χ0v) is 24.3. The van der Waals surface area contributed by atoms with E-state index < -0.39 is 53.3 Å². The molecule has 1 aliphatic heterocycles. The van der Waals surface area contributed by atoms with Crippen molar-refractivity contribution in [1.29, 1.82) is 0 Å². The van der Waals surface area contributed by atoms with Crippen molar-refractivity contribution in [3.05, 3.63) is 70.5 Å². The van der Waals surface area contributed by atoms with E-state index in [1.54, 1.807) is 12.1 Å². The van der Waals surface area contributed by atoms with Crippen LogP contribution in [0.15, 0.2) is 36.4 Å². The van der Waals surface area contributed by atoms with Gasteiger partial charge in [-0.1, -0.05) is 31.9 Å². The van der Waals surface area contributed by atoms with Crippen LogP contribution in [0.1, 0.15) is 87.2 Å². The molecule has 242 valence electrons. The van der Waals surface area contributed by atoms with E-state index in [0.717, 1.165) is 5.92 Å². The molecule has 0 N–H and O–H groups in total. The Kier molecular flexibility index (Phi) is 9.94. The molecule has 2 saturated carbocycles. The Balaban J connectivity index is 1.14. The Labute approximate surface area is 251 Å². The van der Waals surface area contributed by atoms with Crippen LogP contribution in [0.4, 0.5) is 35.1 Å². The topological polar surface area (TPSA) is 27.7 Å². The molecule has 3 fully saturated rings. The molecular formula is C33H36F8O3. The summed E-state index contributed by atoms with van der Waals surface area (Å²) < 4.78 is 127. The minimum absolute atomic E-state index is 0.0353. The molecule has 44 heavy (non-hydrogen) atoms. The number of benzene rings is 2. The molecule has 2 aromatic rings. The monoisotopic (exact) mass is 632 g/mol. The third-order valence-electron chi connectivity index (χ3n) is 9.33. The van der Waals surface area contributed by atoms with E-state index >= 15 is 4.39 Å². The Morgan fingerprint density at radius 2 is 1.36 bits per heavy atom. The lowest BCUT2D eigenvalue weighted by Gasteiger charge is -2.37. The SMILES string of the molecule is CC1CCC(C2COC(c3ccc(C4CCC(C(F)(F)Oc5cc(F)c(/C=C/C(F)(F)F)c(F)c5)CC4)c(F)c3)OC2)CC1. The first-order valence-electron chi connectivity index (χ1n) is 15.1. The van der Waals surface area contributed by atoms with Gasteiger partial charge < -0.3 is 14.2 Å². The summed E-state index contributed by atoms with van der Waals surface area (Å²) >= 11 is 0. The van der Waals surface area contributed by atoms with E-state index in [1.165, 1.54) is 31.7 Å². The van der Waals surface area contributed by atoms with E-state index in [2.05, 4.69) is 11.7 Å². The van der Waals surface area contributed by atoms with Crippen LogP contribution < -0.4 is 4.74 Å². The lowest BCUT2D eigenvalue weighted by atomic mass is 9.76. The fourth-order valence-corrected chi connectivity index (χ4v) is 6.70. The summed E-state index contributed by atoms with van der Waals surface area (Å²) in [6.07, 6.45) is -4.27. The van der Waals surface area contributed by atoms with Crippen molar-refractivity contribution in [3.63, 3.8) is 0 Å². The second-order valence-corrected chi connectivity index (χ2v) is 12.4. The van der Waals surface area contributed by atoms with E-state index in [4.69, 9.17) is 9.47 Å². The Hall–Kier alpha value is -2.66. The van der Waals surface area contributed by atoms with Crippen LogP contribution in [-0.4, -0.2) is 25.5 Å². The summed E-state index contributed by atoms with van der Waals surface area (Å²) in [7, 11) is 0. The number of allylic oxidation sites excluding steroid dienone is 1. The van der Waals surface area contributed by atoms with Crippen LogP contribution in [0.2, 0.25) is 0 Å². The molecule has 3 nitrogen and oxygen atoms in total. The van der Waals surface area contributed by atoms with Gasteiger partial charge in [0.1, 0.15) is 23.2 Å². The van der Waals surface area contributed by atoms with Gasteiger partial charge in [0.2, 0.25) is 0 Å². The smallest absolute Gasteiger partial charge is 0.409 e. The average molecular weight is 633 g/mol. The van der Waals surface area contributed by atoms with Gasteiger partial charge in [-0.25, -0.2) is 13.2 Å². The largest absolute Gasteiger partial charge is 0.432 e. The van der Waals surface area contributed by atoms with Gasteiger partial charge in [-0.3, -0.25) is 0 Å². The highest BCUT2D eigenvalue weighted by molar-refractivity contribution is 5.53. The summed E-state index contributed by atoms with van der Waals surface area (Å²) in [5.41, 5.74) is -0.0467. The van der Waals surface area contributed by atoms with Crippen molar-refractivity contribution in [2.75, 3.05) is 13.2 Å². The standard InChI is InChI=1S/C33H36F8O3/c1-19-2-4-20(5-3-19)23-17-42-31(43-18-23)22-8-11-26(28(34)14-22)21-6-9-24(10-7-21)33(40,41)44-25-15-29(35)27(30(36)16-25)12-13-32(37,38)39/h8,11-16,19-21,23-24,31H,2-7,9-10,17-18H2,1H3/b13-12+. The molecule has 0 spiro atoms. The van der Waals surface area contributed by atoms with Crippen LogP contribution in [0.3, 0.4) is 0 Å². The third kappa shape index (κ3) is 7.94. The number of halogens is 8. The van der Waals surface area contributed by atoms with E-state index in [0.29, 0.717) is 48.3 Å². The van der Waals surface area contributed by atoms with Gasteiger partial charge in [0.05, 0.1) is 19.1 Å². The molecule has 0 amide bonds. The van der Waals surface area contributed by atoms with Crippen molar-refractivity contribution >= 4 is 6.08 Å². The molecule has 1 saturated heterocycles. The molecule has 0 radical (unpaired) electrons. The lowest BCUT2D eigenvalue weighted by Crippen LogP contribution is -2.37. The summed E-state index contributed by atoms with van der Waals surface area (Å²) in [6, 6.07) is 5.61. The fourth-order valence-electron chi connectivity index (χ4n) is 6.70. The van der Waals surface area contributed by atoms with Gasteiger partial charge in [-0.2, -0.15) is 22.0 Å². The molecule has 2 aliphatic carbocycles. The number of hydrogen-bond acceptors (Lipinski definition) is 3. The molecule has 0 unspecified atom stereocenters. The van der Waals surface area contributed by atoms with Crippen LogP contribution in [0, 0.1) is 41.1 Å². The number of rotatable bonds is 7. The van der Waals surface area contributed by atoms with Crippen molar-refractivity contribution in [2.24, 2.45) is 23.7 Å². The van der Waals surface area contributed by atoms with Gasteiger partial charge >= 0.3 is 12.3 Å². The first-order chi connectivity index (χ1) is 20.8. The summed E-state index contributed by atoms with van der Waals surface area (Å²) in [4.78, 5) is 0. The normalized spacial score (nSPS) is 28.8. The summed E-state index contributed by atoms with van der Waals surface area (Å²) in [6.45, 7) is 3.40. The fraction of sp³-hybridized carbons (Fsp3) is 0.576. The summed E-state index contributed by atoms with van der Waals surface area (Å²) in [5.74, 6) is -4.19. The maximum atomic E-state index is 15.2. The van der Waals surface area contributed by atoms with Gasteiger partial charge in [0.25, 0.3) is 0 Å². The number of alkyl halides is 5. The molecule has 1 heterocycles. The second-order valence-electron chi connectivity index (χ2n) is 12.4. The van der Waals surface area contributed by atoms with Crippen molar-refractivity contribution in [1.82, 2.24) is 0 Å². The molecule has 11 heteroatoms. The predicted octanol–water partition coefficient (Wildman–Crippen LogP) is 10.1. The van der Waals surface area contributed by atoms with Gasteiger partial charge in [-0.05, 0) is 74.0 Å². The van der Waals surface area contributed by atoms with E-state index in [1.807, 2.05) is 0 Å². The minimum atomic E-state index is -4.81. The summed E-state index contributed by atoms with van der Waals surface area (Å²) in [5, 5.41) is 0. The highest BCUT2D eigenvalue weighted by Crippen LogP contribution is 2.44. The van der Waals surface area contributed by atoms with Crippen LogP contribution in [-0.2, 0) is 9.47 Å². The molecule has 3 aliphatic rings. The molecule has 2 aromatic carbocycles. The average Bonchev–Trinajstić information content (AvgIpc) is 2.96. The second kappa shape index (κ2) is 13.4. The molecule has 0 aromatic heterocycles. The quantitative estimate of drug-likeness (QED) is 0.285. The molecule has 5 rings (SSSR count). The predicted molar refractivity (Wildman–Crippen MR) is 147 cm³/mol.